The first-order valence-electron chi connectivity index (χ1n) is 11.4. The van der Waals surface area contributed by atoms with Gasteiger partial charge in [0.25, 0.3) is 15.9 Å². The summed E-state index contributed by atoms with van der Waals surface area (Å²) in [5, 5.41) is 4.21. The molecule has 11 nitrogen and oxygen atoms in total. The molecule has 3 aromatic rings. The Morgan fingerprint density at radius 3 is 2.17 bits per heavy atom. The fourth-order valence-corrected chi connectivity index (χ4v) is 5.85. The zero-order chi connectivity index (χ0) is 29.4. The van der Waals surface area contributed by atoms with Gasteiger partial charge in [-0.05, 0) is 64.0 Å². The van der Waals surface area contributed by atoms with Crippen LogP contribution in [0, 0.1) is 0 Å². The van der Waals surface area contributed by atoms with Crippen molar-refractivity contribution in [1.82, 2.24) is 5.43 Å². The molecule has 0 atom stereocenters. The highest BCUT2D eigenvalue weighted by Gasteiger charge is 2.30. The molecule has 214 valence electrons. The summed E-state index contributed by atoms with van der Waals surface area (Å²) in [6.45, 7) is -0.652. The van der Waals surface area contributed by atoms with E-state index in [1.807, 2.05) is 0 Å². The number of halogens is 2. The zero-order valence-electron chi connectivity index (χ0n) is 22.2. The average Bonchev–Trinajstić information content (AvgIpc) is 2.94. The molecule has 40 heavy (non-hydrogen) atoms. The first-order valence-corrected chi connectivity index (χ1v) is 14.0. The van der Waals surface area contributed by atoms with Crippen LogP contribution in [0.4, 0.5) is 5.69 Å². The molecule has 0 aromatic heterocycles. The largest absolute Gasteiger partial charge is 0.495 e. The van der Waals surface area contributed by atoms with Gasteiger partial charge < -0.3 is 23.7 Å². The number of sulfonamides is 1. The van der Waals surface area contributed by atoms with Gasteiger partial charge in [0.05, 0.1) is 56.8 Å². The van der Waals surface area contributed by atoms with Gasteiger partial charge in [-0.3, -0.25) is 9.10 Å². The number of amides is 1. The monoisotopic (exact) mass is 655 g/mol. The van der Waals surface area contributed by atoms with Gasteiger partial charge in [0.1, 0.15) is 12.3 Å². The summed E-state index contributed by atoms with van der Waals surface area (Å²) in [7, 11) is 2.84. The Kier molecular flexibility index (Phi) is 10.5. The van der Waals surface area contributed by atoms with E-state index in [4.69, 9.17) is 35.3 Å². The number of nitrogens with one attached hydrogen (secondary N) is 1. The van der Waals surface area contributed by atoms with Crippen molar-refractivity contribution < 1.29 is 36.9 Å². The summed E-state index contributed by atoms with van der Waals surface area (Å²) in [6, 6.07) is 11.9. The van der Waals surface area contributed by atoms with E-state index in [0.717, 1.165) is 4.31 Å². The molecule has 1 amide bonds. The molecule has 0 spiro atoms. The maximum absolute atomic E-state index is 13.9. The van der Waals surface area contributed by atoms with E-state index in [1.54, 1.807) is 12.1 Å². The topological polar surface area (TPSA) is 125 Å². The summed E-state index contributed by atoms with van der Waals surface area (Å²) in [5.74, 6) is 0.917. The van der Waals surface area contributed by atoms with E-state index in [9.17, 15) is 13.2 Å². The van der Waals surface area contributed by atoms with E-state index in [2.05, 4.69) is 26.5 Å². The lowest BCUT2D eigenvalue weighted by Gasteiger charge is -2.25. The van der Waals surface area contributed by atoms with Crippen molar-refractivity contribution in [2.24, 2.45) is 5.10 Å². The molecule has 0 aliphatic heterocycles. The molecular weight excluding hydrogens is 630 g/mol. The molecule has 0 aliphatic carbocycles. The highest BCUT2D eigenvalue weighted by atomic mass is 79.9. The minimum atomic E-state index is -4.35. The fraction of sp³-hybridized carbons (Fsp3) is 0.231. The Hall–Kier alpha value is -3.68. The van der Waals surface area contributed by atoms with Crippen molar-refractivity contribution >= 4 is 55.4 Å². The normalized spacial score (nSPS) is 11.2. The van der Waals surface area contributed by atoms with Gasteiger partial charge in [0.15, 0.2) is 23.0 Å². The van der Waals surface area contributed by atoms with E-state index >= 15 is 0 Å². The van der Waals surface area contributed by atoms with E-state index in [-0.39, 0.29) is 27.1 Å². The molecule has 3 rings (SSSR count). The van der Waals surface area contributed by atoms with Gasteiger partial charge in [-0.1, -0.05) is 11.6 Å². The number of carbonyl (C=O) groups excluding carboxylic acids is 1. The third kappa shape index (κ3) is 6.90. The van der Waals surface area contributed by atoms with Gasteiger partial charge in [-0.25, -0.2) is 13.8 Å². The predicted molar refractivity (Wildman–Crippen MR) is 155 cm³/mol. The number of ether oxygens (including phenoxy) is 5. The number of anilines is 1. The van der Waals surface area contributed by atoms with Crippen LogP contribution in [-0.4, -0.2) is 62.6 Å². The Balaban J connectivity index is 1.96. The highest BCUT2D eigenvalue weighted by Crippen LogP contribution is 2.37. The highest BCUT2D eigenvalue weighted by molar-refractivity contribution is 9.10. The molecule has 0 unspecified atom stereocenters. The van der Waals surface area contributed by atoms with E-state index in [1.165, 1.54) is 78.2 Å². The maximum Gasteiger partial charge on any atom is 0.265 e. The summed E-state index contributed by atoms with van der Waals surface area (Å²) < 4.78 is 55.7. The molecule has 0 saturated heterocycles. The third-order valence-corrected chi connectivity index (χ3v) is 8.08. The van der Waals surface area contributed by atoms with Crippen LogP contribution >= 0.6 is 27.5 Å². The average molecular weight is 657 g/mol. The van der Waals surface area contributed by atoms with Crippen LogP contribution in [0.2, 0.25) is 5.02 Å². The molecule has 0 aliphatic rings. The van der Waals surface area contributed by atoms with Gasteiger partial charge in [0.2, 0.25) is 0 Å². The maximum atomic E-state index is 13.9. The molecule has 0 bridgehead atoms. The molecule has 1 N–H and O–H groups in total. The number of benzene rings is 3. The second-order valence-corrected chi connectivity index (χ2v) is 11.0. The lowest BCUT2D eigenvalue weighted by Crippen LogP contribution is -2.39. The van der Waals surface area contributed by atoms with Crippen molar-refractivity contribution in [3.05, 3.63) is 63.6 Å². The van der Waals surface area contributed by atoms with E-state index in [0.29, 0.717) is 27.3 Å². The first-order chi connectivity index (χ1) is 19.1. The number of methoxy groups -OCH3 is 5. The Bertz CT molecular complexity index is 1520. The number of hydrogen-bond acceptors (Lipinski definition) is 9. The molecule has 14 heteroatoms. The molecular formula is C26H27BrClN3O8S. The van der Waals surface area contributed by atoms with Crippen LogP contribution in [0.5, 0.6) is 28.7 Å². The standard InChI is InChI=1S/C26H27BrClN3O8S/c1-35-21-8-6-17(28)12-20(21)31(40(33,34)18-7-9-22(36-2)23(13-18)37-3)15-25(32)30-29-14-16-10-19(27)26(39-5)24(11-16)38-4/h6-14H,15H2,1-5H3,(H,30,32)/b29-14-. The van der Waals surface area contributed by atoms with Gasteiger partial charge in [-0.15, -0.1) is 0 Å². The second kappa shape index (κ2) is 13.6. The van der Waals surface area contributed by atoms with Crippen LogP contribution in [0.15, 0.2) is 63.0 Å². The SMILES string of the molecule is COc1ccc(S(=O)(=O)N(CC(=O)N/N=C\c2cc(Br)c(OC)c(OC)c2)c2cc(Cl)ccc2OC)cc1OC. The number of rotatable bonds is 12. The van der Waals surface area contributed by atoms with Crippen molar-refractivity contribution in [3.63, 3.8) is 0 Å². The minimum Gasteiger partial charge on any atom is -0.495 e. The predicted octanol–water partition coefficient (Wildman–Crippen LogP) is 4.49. The fourth-order valence-electron chi connectivity index (χ4n) is 3.62. The molecule has 0 heterocycles. The molecule has 0 fully saturated rings. The van der Waals surface area contributed by atoms with Crippen LogP contribution in [0.1, 0.15) is 5.56 Å². The van der Waals surface area contributed by atoms with Crippen LogP contribution in [0.3, 0.4) is 0 Å². The Labute approximate surface area is 245 Å². The van der Waals surface area contributed by atoms with Crippen LogP contribution in [0.25, 0.3) is 0 Å². The number of carbonyl (C=O) groups is 1. The minimum absolute atomic E-state index is 0.0488. The van der Waals surface area contributed by atoms with E-state index < -0.39 is 22.5 Å². The van der Waals surface area contributed by atoms with Crippen molar-refractivity contribution in [2.45, 2.75) is 4.90 Å². The van der Waals surface area contributed by atoms with Crippen molar-refractivity contribution in [2.75, 3.05) is 46.4 Å². The summed E-state index contributed by atoms with van der Waals surface area (Å²) in [6.07, 6.45) is 1.37. The second-order valence-electron chi connectivity index (χ2n) is 7.88. The van der Waals surface area contributed by atoms with Gasteiger partial charge >= 0.3 is 0 Å². The quantitative estimate of drug-likeness (QED) is 0.223. The smallest absolute Gasteiger partial charge is 0.265 e. The summed E-state index contributed by atoms with van der Waals surface area (Å²) in [5.41, 5.74) is 2.98. The molecule has 0 saturated carbocycles. The number of nitrogens with zero attached hydrogens (tertiary/aromatic N) is 2. The van der Waals surface area contributed by atoms with Crippen molar-refractivity contribution in [1.29, 1.82) is 0 Å². The number of hydrazone groups is 1. The van der Waals surface area contributed by atoms with Crippen LogP contribution in [-0.2, 0) is 14.8 Å². The summed E-state index contributed by atoms with van der Waals surface area (Å²) >= 11 is 9.58. The molecule has 0 radical (unpaired) electrons. The van der Waals surface area contributed by atoms with Gasteiger partial charge in [-0.2, -0.15) is 5.10 Å². The van der Waals surface area contributed by atoms with Gasteiger partial charge in [0, 0.05) is 11.1 Å². The zero-order valence-corrected chi connectivity index (χ0v) is 25.4. The summed E-state index contributed by atoms with van der Waals surface area (Å²) in [4.78, 5) is 12.8. The molecule has 3 aromatic carbocycles. The Morgan fingerprint density at radius 2 is 1.55 bits per heavy atom. The lowest BCUT2D eigenvalue weighted by atomic mass is 10.2. The first kappa shape index (κ1) is 30.9. The third-order valence-electron chi connectivity index (χ3n) is 5.50. The van der Waals surface area contributed by atoms with Crippen molar-refractivity contribution in [3.8, 4) is 28.7 Å². The Morgan fingerprint density at radius 1 is 0.900 bits per heavy atom. The van der Waals surface area contributed by atoms with Crippen LogP contribution < -0.4 is 33.4 Å². The number of hydrogen-bond donors (Lipinski definition) is 1. The lowest BCUT2D eigenvalue weighted by molar-refractivity contribution is -0.119.